The van der Waals surface area contributed by atoms with Crippen LogP contribution in [0.1, 0.15) is 5.56 Å². The average Bonchev–Trinajstić information content (AvgIpc) is 2.53. The Morgan fingerprint density at radius 3 is 2.50 bits per heavy atom. The average molecular weight is 159 g/mol. The molecule has 0 fully saturated rings. The van der Waals surface area contributed by atoms with Crippen molar-refractivity contribution in [2.75, 3.05) is 0 Å². The van der Waals surface area contributed by atoms with Crippen LogP contribution in [0.15, 0.2) is 41.1 Å². The molecule has 0 aliphatic rings. The number of hydrogen-bond donors (Lipinski definition) is 0. The molecule has 1 aromatic heterocycles. The van der Waals surface area contributed by atoms with Gasteiger partial charge in [0.2, 0.25) is 0 Å². The van der Waals surface area contributed by atoms with Gasteiger partial charge in [0.25, 0.3) is 0 Å². The third kappa shape index (κ3) is 1.11. The number of rotatable bonds is 1. The molecule has 2 aromatic rings. The monoisotopic (exact) mass is 159 g/mol. The Morgan fingerprint density at radius 2 is 1.92 bits per heavy atom. The highest BCUT2D eigenvalue weighted by Crippen LogP contribution is 2.20. The Hall–Kier alpha value is -1.57. The zero-order chi connectivity index (χ0) is 8.39. The van der Waals surface area contributed by atoms with Gasteiger partial charge >= 0.3 is 0 Å². The first-order chi connectivity index (χ1) is 5.88. The van der Waals surface area contributed by atoms with Crippen molar-refractivity contribution >= 4 is 0 Å². The largest absolute Gasteiger partial charge is 0.364 e. The lowest BCUT2D eigenvalue weighted by Crippen LogP contribution is -1.78. The molecule has 0 unspecified atom stereocenters. The molecule has 0 amide bonds. The van der Waals surface area contributed by atoms with Crippen LogP contribution >= 0.6 is 0 Å². The van der Waals surface area contributed by atoms with E-state index in [4.69, 9.17) is 4.52 Å². The Labute approximate surface area is 70.8 Å². The van der Waals surface area contributed by atoms with Gasteiger partial charge in [-0.25, -0.2) is 0 Å². The third-order valence-corrected chi connectivity index (χ3v) is 1.79. The lowest BCUT2D eigenvalue weighted by Gasteiger charge is -1.94. The van der Waals surface area contributed by atoms with Gasteiger partial charge in [0.1, 0.15) is 12.0 Å². The molecule has 1 heterocycles. The van der Waals surface area contributed by atoms with Crippen LogP contribution in [-0.4, -0.2) is 5.16 Å². The van der Waals surface area contributed by atoms with Crippen LogP contribution in [0.3, 0.4) is 0 Å². The highest BCUT2D eigenvalue weighted by molar-refractivity contribution is 5.61. The van der Waals surface area contributed by atoms with Crippen LogP contribution in [0.4, 0.5) is 0 Å². The van der Waals surface area contributed by atoms with Crippen LogP contribution < -0.4 is 0 Å². The van der Waals surface area contributed by atoms with Crippen molar-refractivity contribution in [3.05, 3.63) is 42.2 Å². The fourth-order valence-electron chi connectivity index (χ4n) is 1.16. The zero-order valence-electron chi connectivity index (χ0n) is 6.82. The maximum Gasteiger partial charge on any atom is 0.127 e. The summed E-state index contributed by atoms with van der Waals surface area (Å²) in [6.07, 6.45) is 1.66. The molecule has 0 aliphatic heterocycles. The Morgan fingerprint density at radius 1 is 1.17 bits per heavy atom. The fourth-order valence-corrected chi connectivity index (χ4v) is 1.16. The van der Waals surface area contributed by atoms with Gasteiger partial charge in [-0.15, -0.1) is 0 Å². The molecule has 2 rings (SSSR count). The molecular formula is C10H9NO. The first-order valence-electron chi connectivity index (χ1n) is 3.84. The maximum absolute atomic E-state index is 4.85. The van der Waals surface area contributed by atoms with E-state index in [2.05, 4.69) is 5.16 Å². The van der Waals surface area contributed by atoms with Crippen LogP contribution in [0, 0.1) is 6.92 Å². The highest BCUT2D eigenvalue weighted by Gasteiger charge is 2.03. The molecule has 2 nitrogen and oxygen atoms in total. The first-order valence-corrected chi connectivity index (χ1v) is 3.84. The molecule has 0 bridgehead atoms. The van der Waals surface area contributed by atoms with Gasteiger partial charge in [-0.05, 0) is 6.92 Å². The van der Waals surface area contributed by atoms with Gasteiger partial charge in [0.15, 0.2) is 0 Å². The quantitative estimate of drug-likeness (QED) is 0.639. The Bertz CT molecular complexity index is 364. The summed E-state index contributed by atoms with van der Waals surface area (Å²) in [6, 6.07) is 10.0. The Kier molecular flexibility index (Phi) is 1.67. The topological polar surface area (TPSA) is 26.0 Å². The summed E-state index contributed by atoms with van der Waals surface area (Å²) in [6.45, 7) is 1.98. The molecule has 0 spiro atoms. The van der Waals surface area contributed by atoms with Crippen molar-refractivity contribution in [1.82, 2.24) is 5.16 Å². The van der Waals surface area contributed by atoms with Crippen molar-refractivity contribution < 1.29 is 4.52 Å². The van der Waals surface area contributed by atoms with Gasteiger partial charge in [-0.2, -0.15) is 0 Å². The molecule has 0 radical (unpaired) electrons. The van der Waals surface area contributed by atoms with Crippen LogP contribution in [0.2, 0.25) is 0 Å². The third-order valence-electron chi connectivity index (χ3n) is 1.79. The van der Waals surface area contributed by atoms with Crippen molar-refractivity contribution in [3.63, 3.8) is 0 Å². The predicted molar refractivity (Wildman–Crippen MR) is 46.7 cm³/mol. The minimum absolute atomic E-state index is 0.926. The summed E-state index contributed by atoms with van der Waals surface area (Å²) in [5, 5.41) is 3.91. The highest BCUT2D eigenvalue weighted by atomic mass is 16.5. The molecule has 0 saturated carbocycles. The smallest absolute Gasteiger partial charge is 0.127 e. The second-order valence-corrected chi connectivity index (χ2v) is 2.71. The summed E-state index contributed by atoms with van der Waals surface area (Å²) >= 11 is 0. The molecule has 0 atom stereocenters. The standard InChI is InChI=1S/C10H9NO/c1-8-7-12-11-10(8)9-5-3-2-4-6-9/h2-7H,1H3. The molecule has 2 heteroatoms. The molecule has 12 heavy (non-hydrogen) atoms. The minimum Gasteiger partial charge on any atom is -0.364 e. The normalized spacial score (nSPS) is 10.1. The SMILES string of the molecule is Cc1conc1-c1ccccc1. The molecular weight excluding hydrogens is 150 g/mol. The molecule has 1 aromatic carbocycles. The van der Waals surface area contributed by atoms with E-state index in [9.17, 15) is 0 Å². The van der Waals surface area contributed by atoms with E-state index >= 15 is 0 Å². The van der Waals surface area contributed by atoms with E-state index in [1.807, 2.05) is 37.3 Å². The lowest BCUT2D eigenvalue weighted by atomic mass is 10.1. The number of aryl methyl sites for hydroxylation is 1. The van der Waals surface area contributed by atoms with Crippen LogP contribution in [0.25, 0.3) is 11.3 Å². The fraction of sp³-hybridized carbons (Fsp3) is 0.100. The van der Waals surface area contributed by atoms with Gasteiger partial charge in [0.05, 0.1) is 0 Å². The number of aromatic nitrogens is 1. The van der Waals surface area contributed by atoms with Crippen molar-refractivity contribution in [2.45, 2.75) is 6.92 Å². The van der Waals surface area contributed by atoms with Crippen LogP contribution in [0.5, 0.6) is 0 Å². The summed E-state index contributed by atoms with van der Waals surface area (Å²) in [5.74, 6) is 0. The van der Waals surface area contributed by atoms with Gasteiger partial charge < -0.3 is 4.52 Å². The molecule has 0 N–H and O–H groups in total. The van der Waals surface area contributed by atoms with Crippen molar-refractivity contribution in [3.8, 4) is 11.3 Å². The molecule has 0 aliphatic carbocycles. The van der Waals surface area contributed by atoms with E-state index < -0.39 is 0 Å². The van der Waals surface area contributed by atoms with E-state index in [0.717, 1.165) is 16.8 Å². The van der Waals surface area contributed by atoms with E-state index in [0.29, 0.717) is 0 Å². The number of benzene rings is 1. The molecule has 60 valence electrons. The summed E-state index contributed by atoms with van der Waals surface area (Å²) in [7, 11) is 0. The van der Waals surface area contributed by atoms with Crippen LogP contribution in [-0.2, 0) is 0 Å². The summed E-state index contributed by atoms with van der Waals surface area (Å²) < 4.78 is 4.85. The summed E-state index contributed by atoms with van der Waals surface area (Å²) in [5.41, 5.74) is 3.10. The first kappa shape index (κ1) is 7.10. The number of nitrogens with zero attached hydrogens (tertiary/aromatic N) is 1. The minimum atomic E-state index is 0.926. The van der Waals surface area contributed by atoms with E-state index in [-0.39, 0.29) is 0 Å². The second kappa shape index (κ2) is 2.81. The summed E-state index contributed by atoms with van der Waals surface area (Å²) in [4.78, 5) is 0. The van der Waals surface area contributed by atoms with Gasteiger partial charge in [-0.3, -0.25) is 0 Å². The lowest BCUT2D eigenvalue weighted by molar-refractivity contribution is 0.421. The van der Waals surface area contributed by atoms with Gasteiger partial charge in [0, 0.05) is 11.1 Å². The Balaban J connectivity index is 2.51. The number of hydrogen-bond acceptors (Lipinski definition) is 2. The predicted octanol–water partition coefficient (Wildman–Crippen LogP) is 2.65. The van der Waals surface area contributed by atoms with E-state index in [1.54, 1.807) is 6.26 Å². The van der Waals surface area contributed by atoms with E-state index in [1.165, 1.54) is 0 Å². The van der Waals surface area contributed by atoms with Crippen molar-refractivity contribution in [1.29, 1.82) is 0 Å². The zero-order valence-corrected chi connectivity index (χ0v) is 6.82. The second-order valence-electron chi connectivity index (χ2n) is 2.71. The maximum atomic E-state index is 4.85. The van der Waals surface area contributed by atoms with Gasteiger partial charge in [-0.1, -0.05) is 35.5 Å². The van der Waals surface area contributed by atoms with Crippen molar-refractivity contribution in [2.24, 2.45) is 0 Å². The molecule has 0 saturated heterocycles.